The van der Waals surface area contributed by atoms with Crippen molar-refractivity contribution in [1.82, 2.24) is 21.3 Å². The van der Waals surface area contributed by atoms with E-state index in [0.29, 0.717) is 6.42 Å². The van der Waals surface area contributed by atoms with Crippen molar-refractivity contribution in [2.24, 2.45) is 0 Å². The molecule has 0 aliphatic heterocycles. The first-order valence-electron chi connectivity index (χ1n) is 16.4. The van der Waals surface area contributed by atoms with Gasteiger partial charge >= 0.3 is 12.2 Å². The van der Waals surface area contributed by atoms with Crippen molar-refractivity contribution in [3.63, 3.8) is 0 Å². The van der Waals surface area contributed by atoms with Gasteiger partial charge in [-0.15, -0.1) is 0 Å². The predicted octanol–water partition coefficient (Wildman–Crippen LogP) is 2.84. The minimum absolute atomic E-state index is 0.00146. The predicted molar refractivity (Wildman–Crippen MR) is 185 cm³/mol. The zero-order valence-electron chi connectivity index (χ0n) is 28.5. The van der Waals surface area contributed by atoms with Gasteiger partial charge in [-0.25, -0.2) is 9.59 Å². The minimum Gasteiger partial charge on any atom is -0.445 e. The van der Waals surface area contributed by atoms with Crippen LogP contribution in [0.5, 0.6) is 0 Å². The van der Waals surface area contributed by atoms with Gasteiger partial charge in [0, 0.05) is 13.1 Å². The van der Waals surface area contributed by atoms with Gasteiger partial charge in [0.05, 0.1) is 30.4 Å². The summed E-state index contributed by atoms with van der Waals surface area (Å²) in [6.07, 6.45) is -4.46. The molecule has 0 radical (unpaired) electrons. The van der Waals surface area contributed by atoms with E-state index in [2.05, 4.69) is 21.3 Å². The summed E-state index contributed by atoms with van der Waals surface area (Å²) < 4.78 is 10.6. The molecule has 3 rings (SSSR count). The summed E-state index contributed by atoms with van der Waals surface area (Å²) in [6.45, 7) is 6.56. The molecule has 266 valence electrons. The number of benzene rings is 3. The molecule has 7 N–H and O–H groups in total. The van der Waals surface area contributed by atoms with Crippen LogP contribution >= 0.6 is 0 Å². The van der Waals surface area contributed by atoms with Crippen molar-refractivity contribution in [3.05, 3.63) is 108 Å². The molecule has 1 unspecified atom stereocenters. The Morgan fingerprint density at radius 1 is 0.653 bits per heavy atom. The van der Waals surface area contributed by atoms with E-state index in [1.54, 1.807) is 45.0 Å². The molecule has 0 aromatic heterocycles. The van der Waals surface area contributed by atoms with E-state index in [-0.39, 0.29) is 26.1 Å². The highest BCUT2D eigenvalue weighted by Crippen LogP contribution is 2.12. The topological polar surface area (TPSA) is 178 Å². The molecule has 0 saturated heterocycles. The second kappa shape index (κ2) is 19.5. The minimum atomic E-state index is -1.36. The van der Waals surface area contributed by atoms with E-state index in [0.717, 1.165) is 16.7 Å². The number of ether oxygens (including phenoxy) is 2. The van der Waals surface area contributed by atoms with Crippen molar-refractivity contribution >= 4 is 18.1 Å². The number of rotatable bonds is 17. The Morgan fingerprint density at radius 2 is 1.10 bits per heavy atom. The number of carbonyl (C=O) groups is 3. The van der Waals surface area contributed by atoms with Gasteiger partial charge in [-0.3, -0.25) is 4.79 Å². The molecule has 12 heteroatoms. The lowest BCUT2D eigenvalue weighted by Gasteiger charge is -2.29. The lowest BCUT2D eigenvalue weighted by Crippen LogP contribution is -2.58. The molecule has 49 heavy (non-hydrogen) atoms. The summed E-state index contributed by atoms with van der Waals surface area (Å²) >= 11 is 0. The number of alkyl carbamates (subject to hydrolysis) is 2. The molecule has 6 atom stereocenters. The third-order valence-electron chi connectivity index (χ3n) is 7.51. The van der Waals surface area contributed by atoms with Crippen LogP contribution in [0, 0.1) is 0 Å². The number of carbonyl (C=O) groups excluding carboxylic acids is 3. The molecular weight excluding hydrogens is 628 g/mol. The summed E-state index contributed by atoms with van der Waals surface area (Å²) in [5.74, 6) is -0.712. The second-order valence-electron chi connectivity index (χ2n) is 13.0. The monoisotopic (exact) mass is 678 g/mol. The quantitative estimate of drug-likeness (QED) is 0.113. The van der Waals surface area contributed by atoms with Crippen LogP contribution in [0.1, 0.15) is 44.4 Å². The van der Waals surface area contributed by atoms with Crippen LogP contribution in [0.25, 0.3) is 0 Å². The largest absolute Gasteiger partial charge is 0.445 e. The maximum Gasteiger partial charge on any atom is 0.408 e. The first-order chi connectivity index (χ1) is 23.3. The average molecular weight is 679 g/mol. The highest BCUT2D eigenvalue weighted by molar-refractivity contribution is 5.86. The van der Waals surface area contributed by atoms with Crippen molar-refractivity contribution < 1.29 is 39.2 Å². The Balaban J connectivity index is 1.64. The van der Waals surface area contributed by atoms with Gasteiger partial charge in [0.15, 0.2) is 0 Å². The first-order valence-corrected chi connectivity index (χ1v) is 16.4. The third kappa shape index (κ3) is 14.7. The van der Waals surface area contributed by atoms with E-state index in [1.165, 1.54) is 6.92 Å². The Labute approximate surface area is 288 Å². The average Bonchev–Trinajstić information content (AvgIpc) is 3.06. The van der Waals surface area contributed by atoms with Crippen LogP contribution < -0.4 is 21.3 Å². The summed E-state index contributed by atoms with van der Waals surface area (Å²) in [6, 6.07) is 24.7. The third-order valence-corrected chi connectivity index (χ3v) is 7.51. The number of hydrogen-bond acceptors (Lipinski definition) is 9. The van der Waals surface area contributed by atoms with Gasteiger partial charge in [-0.2, -0.15) is 0 Å². The molecule has 0 bridgehead atoms. The summed E-state index contributed by atoms with van der Waals surface area (Å²) in [5, 5.41) is 43.8. The fourth-order valence-corrected chi connectivity index (χ4v) is 4.99. The second-order valence-corrected chi connectivity index (χ2v) is 13.0. The Hall–Kier alpha value is -4.49. The Bertz CT molecular complexity index is 1420. The molecular formula is C37H50N4O8. The van der Waals surface area contributed by atoms with E-state index >= 15 is 0 Å². The molecule has 3 aromatic rings. The van der Waals surface area contributed by atoms with Gasteiger partial charge in [0.2, 0.25) is 5.91 Å². The smallest absolute Gasteiger partial charge is 0.408 e. The lowest BCUT2D eigenvalue weighted by atomic mass is 9.99. The highest BCUT2D eigenvalue weighted by atomic mass is 16.6. The summed E-state index contributed by atoms with van der Waals surface area (Å²) in [4.78, 5) is 38.5. The zero-order valence-corrected chi connectivity index (χ0v) is 28.5. The summed E-state index contributed by atoms with van der Waals surface area (Å²) in [7, 11) is 0. The van der Waals surface area contributed by atoms with Gasteiger partial charge in [0.1, 0.15) is 18.2 Å². The van der Waals surface area contributed by atoms with Crippen LogP contribution in [0.2, 0.25) is 0 Å². The normalized spacial score (nSPS) is 15.1. The maximum atomic E-state index is 13.4. The number of nitrogens with one attached hydrogen (secondary N) is 4. The molecule has 3 amide bonds. The molecule has 0 heterocycles. The molecule has 0 aliphatic carbocycles. The number of hydrogen-bond donors (Lipinski definition) is 7. The van der Waals surface area contributed by atoms with Crippen molar-refractivity contribution in [2.45, 2.75) is 89.2 Å². The van der Waals surface area contributed by atoms with Crippen LogP contribution in [-0.2, 0) is 33.7 Å². The Morgan fingerprint density at radius 3 is 1.55 bits per heavy atom. The van der Waals surface area contributed by atoms with E-state index in [1.807, 2.05) is 66.7 Å². The van der Waals surface area contributed by atoms with Crippen molar-refractivity contribution in [3.8, 4) is 0 Å². The highest BCUT2D eigenvalue weighted by Gasteiger charge is 2.31. The van der Waals surface area contributed by atoms with Gasteiger partial charge in [0.25, 0.3) is 0 Å². The van der Waals surface area contributed by atoms with Crippen LogP contribution in [0.3, 0.4) is 0 Å². The van der Waals surface area contributed by atoms with Crippen molar-refractivity contribution in [1.29, 1.82) is 0 Å². The first kappa shape index (κ1) is 39.0. The van der Waals surface area contributed by atoms with Crippen molar-refractivity contribution in [2.75, 3.05) is 13.1 Å². The van der Waals surface area contributed by atoms with E-state index in [4.69, 9.17) is 9.47 Å². The fraction of sp³-hybridized carbons (Fsp3) is 0.432. The standard InChI is InChI=1S/C37H50N4O8/c1-25(42)33(41-35(46)48-24-28-18-12-7-13-19-28)34(45)39-29(20-26-14-8-5-9-15-26)31(43)22-38-23-32(44)30(21-27-16-10-6-11-17-27)40-36(47)49-37(2,3)4/h5-19,25,29-33,38,42-44H,20-24H2,1-4H3,(H,39,45)(H,40,47)(H,41,46)/t25?,29-,30-,31+,32+,33-/m0/s1. The zero-order chi connectivity index (χ0) is 35.8. The van der Waals surface area contributed by atoms with E-state index in [9.17, 15) is 29.7 Å². The maximum absolute atomic E-state index is 13.4. The Kier molecular flexibility index (Phi) is 15.5. The molecule has 3 aromatic carbocycles. The number of amides is 3. The van der Waals surface area contributed by atoms with Gasteiger partial charge in [-0.05, 0) is 57.2 Å². The SMILES string of the molecule is CC(O)[C@H](NC(=O)OCc1ccccc1)C(=O)N[C@@H](Cc1ccccc1)[C@H](O)CNC[C@@H](O)[C@H](Cc1ccccc1)NC(=O)OC(C)(C)C. The molecule has 12 nitrogen and oxygen atoms in total. The number of aliphatic hydroxyl groups is 3. The van der Waals surface area contributed by atoms with Crippen LogP contribution in [-0.4, -0.2) is 88.5 Å². The molecule has 0 aliphatic rings. The van der Waals surface area contributed by atoms with Gasteiger partial charge < -0.3 is 46.1 Å². The molecule has 0 fully saturated rings. The van der Waals surface area contributed by atoms with Crippen LogP contribution in [0.4, 0.5) is 9.59 Å². The lowest BCUT2D eigenvalue weighted by molar-refractivity contribution is -0.127. The molecule has 0 saturated carbocycles. The van der Waals surface area contributed by atoms with Crippen LogP contribution in [0.15, 0.2) is 91.0 Å². The van der Waals surface area contributed by atoms with Gasteiger partial charge in [-0.1, -0.05) is 91.0 Å². The molecule has 0 spiro atoms. The summed E-state index contributed by atoms with van der Waals surface area (Å²) in [5.41, 5.74) is 1.77. The fourth-order valence-electron chi connectivity index (χ4n) is 4.99. The number of aliphatic hydroxyl groups excluding tert-OH is 3. The van der Waals surface area contributed by atoms with E-state index < -0.39 is 60.1 Å².